The average molecular weight is 336 g/mol. The second-order valence-electron chi connectivity index (χ2n) is 5.81. The summed E-state index contributed by atoms with van der Waals surface area (Å²) in [6, 6.07) is 10.9. The van der Waals surface area contributed by atoms with Crippen LogP contribution in [-0.2, 0) is 6.54 Å². The topological polar surface area (TPSA) is 67.6 Å². The van der Waals surface area contributed by atoms with Crippen LogP contribution in [0.3, 0.4) is 0 Å². The highest BCUT2D eigenvalue weighted by Crippen LogP contribution is 2.08. The number of unbranched alkanes of at least 4 members (excludes halogenated alkanes) is 1. The summed E-state index contributed by atoms with van der Waals surface area (Å²) >= 11 is 0. The smallest absolute Gasteiger partial charge is 0.270 e. The molecular weight excluding hydrogens is 316 g/mol. The first-order valence-electron chi connectivity index (χ1n) is 8.36. The Kier molecular flexibility index (Phi) is 5.18. The number of pyridine rings is 2. The molecule has 3 aromatic heterocycles. The fraction of sp³-hybridized carbons (Fsp3) is 0.263. The van der Waals surface area contributed by atoms with Crippen LogP contribution in [0.1, 0.15) is 35.8 Å². The van der Waals surface area contributed by atoms with Crippen LogP contribution in [0, 0.1) is 0 Å². The summed E-state index contributed by atoms with van der Waals surface area (Å²) < 4.78 is 1.39. The summed E-state index contributed by atoms with van der Waals surface area (Å²) in [6.07, 6.45) is 6.51. The number of hydrogen-bond donors (Lipinski definition) is 0. The molecule has 1 amide bonds. The van der Waals surface area contributed by atoms with Gasteiger partial charge in [-0.15, -0.1) is 0 Å². The fourth-order valence-corrected chi connectivity index (χ4v) is 2.63. The number of fused-ring (bicyclic) bond motifs is 1. The first-order chi connectivity index (χ1) is 12.2. The highest BCUT2D eigenvalue weighted by molar-refractivity contribution is 5.93. The third-order valence-corrected chi connectivity index (χ3v) is 3.99. The van der Waals surface area contributed by atoms with Crippen molar-refractivity contribution in [3.8, 4) is 0 Å². The van der Waals surface area contributed by atoms with Gasteiger partial charge in [0, 0.05) is 25.1 Å². The van der Waals surface area contributed by atoms with E-state index in [4.69, 9.17) is 0 Å². The maximum absolute atomic E-state index is 13.0. The molecule has 25 heavy (non-hydrogen) atoms. The second-order valence-corrected chi connectivity index (χ2v) is 5.81. The van der Waals surface area contributed by atoms with Gasteiger partial charge in [-0.3, -0.25) is 19.0 Å². The Morgan fingerprint density at radius 2 is 2.00 bits per heavy atom. The predicted molar refractivity (Wildman–Crippen MR) is 95.3 cm³/mol. The van der Waals surface area contributed by atoms with Crippen LogP contribution in [0.4, 0.5) is 0 Å². The molecule has 0 atom stereocenters. The van der Waals surface area contributed by atoms with E-state index in [-0.39, 0.29) is 17.0 Å². The van der Waals surface area contributed by atoms with Crippen LogP contribution in [0.15, 0.2) is 59.8 Å². The molecule has 0 unspecified atom stereocenters. The monoisotopic (exact) mass is 336 g/mol. The van der Waals surface area contributed by atoms with Crippen LogP contribution in [0.25, 0.3) is 5.65 Å². The molecule has 0 saturated heterocycles. The van der Waals surface area contributed by atoms with E-state index in [1.54, 1.807) is 35.5 Å². The van der Waals surface area contributed by atoms with Gasteiger partial charge < -0.3 is 4.90 Å². The Hall–Kier alpha value is -3.02. The van der Waals surface area contributed by atoms with Gasteiger partial charge in [-0.1, -0.05) is 25.5 Å². The number of aromatic nitrogens is 3. The SMILES string of the molecule is CCCCN(Cc1ccccn1)C(=O)c1cnc2ccccn2c1=O. The molecule has 0 saturated carbocycles. The lowest BCUT2D eigenvalue weighted by Gasteiger charge is -2.22. The number of carbonyl (C=O) groups is 1. The van der Waals surface area contributed by atoms with Crippen molar-refractivity contribution in [2.75, 3.05) is 6.54 Å². The molecule has 0 aliphatic heterocycles. The molecule has 0 spiro atoms. The normalized spacial score (nSPS) is 10.8. The molecule has 0 aliphatic carbocycles. The van der Waals surface area contributed by atoms with Crippen molar-refractivity contribution >= 4 is 11.6 Å². The van der Waals surface area contributed by atoms with Gasteiger partial charge in [0.05, 0.1) is 12.2 Å². The van der Waals surface area contributed by atoms with E-state index in [0.29, 0.717) is 18.7 Å². The highest BCUT2D eigenvalue weighted by atomic mass is 16.2. The Balaban J connectivity index is 1.94. The third-order valence-electron chi connectivity index (χ3n) is 3.99. The second kappa shape index (κ2) is 7.70. The van der Waals surface area contributed by atoms with Crippen molar-refractivity contribution in [2.24, 2.45) is 0 Å². The molecule has 128 valence electrons. The molecule has 0 aliphatic rings. The largest absolute Gasteiger partial charge is 0.333 e. The lowest BCUT2D eigenvalue weighted by molar-refractivity contribution is 0.0736. The van der Waals surface area contributed by atoms with Gasteiger partial charge in [0.1, 0.15) is 11.2 Å². The van der Waals surface area contributed by atoms with Gasteiger partial charge in [-0.05, 0) is 30.7 Å². The Bertz CT molecular complexity index is 921. The van der Waals surface area contributed by atoms with Crippen molar-refractivity contribution < 1.29 is 4.79 Å². The Labute approximate surface area is 145 Å². The summed E-state index contributed by atoms with van der Waals surface area (Å²) in [5.41, 5.74) is 1.04. The van der Waals surface area contributed by atoms with E-state index < -0.39 is 0 Å². The van der Waals surface area contributed by atoms with E-state index in [0.717, 1.165) is 18.5 Å². The maximum Gasteiger partial charge on any atom is 0.270 e. The Morgan fingerprint density at radius 1 is 1.16 bits per heavy atom. The summed E-state index contributed by atoms with van der Waals surface area (Å²) in [7, 11) is 0. The van der Waals surface area contributed by atoms with Crippen LogP contribution < -0.4 is 5.56 Å². The van der Waals surface area contributed by atoms with Gasteiger partial charge in [0.15, 0.2) is 0 Å². The van der Waals surface area contributed by atoms with E-state index >= 15 is 0 Å². The molecular formula is C19H20N4O2. The van der Waals surface area contributed by atoms with Crippen molar-refractivity contribution in [3.05, 3.63) is 76.6 Å². The molecule has 3 heterocycles. The van der Waals surface area contributed by atoms with Gasteiger partial charge in [-0.2, -0.15) is 0 Å². The Morgan fingerprint density at radius 3 is 2.76 bits per heavy atom. The van der Waals surface area contributed by atoms with Crippen molar-refractivity contribution in [1.82, 2.24) is 19.3 Å². The van der Waals surface area contributed by atoms with Crippen LogP contribution in [-0.4, -0.2) is 31.7 Å². The number of nitrogens with zero attached hydrogens (tertiary/aromatic N) is 4. The molecule has 0 aromatic carbocycles. The lowest BCUT2D eigenvalue weighted by Crippen LogP contribution is -2.36. The number of amides is 1. The van der Waals surface area contributed by atoms with E-state index in [1.165, 1.54) is 10.6 Å². The molecule has 3 rings (SSSR count). The van der Waals surface area contributed by atoms with Crippen LogP contribution >= 0.6 is 0 Å². The molecule has 0 radical (unpaired) electrons. The molecule has 6 heteroatoms. The molecule has 0 N–H and O–H groups in total. The molecule has 0 fully saturated rings. The fourth-order valence-electron chi connectivity index (χ4n) is 2.63. The van der Waals surface area contributed by atoms with Crippen molar-refractivity contribution in [3.63, 3.8) is 0 Å². The van der Waals surface area contributed by atoms with Crippen molar-refractivity contribution in [1.29, 1.82) is 0 Å². The maximum atomic E-state index is 13.0. The average Bonchev–Trinajstić information content (AvgIpc) is 2.66. The van der Waals surface area contributed by atoms with Gasteiger partial charge in [0.2, 0.25) is 0 Å². The molecule has 0 bridgehead atoms. The minimum absolute atomic E-state index is 0.0794. The zero-order valence-electron chi connectivity index (χ0n) is 14.1. The standard InChI is InChI=1S/C19H20N4O2/c1-2-3-11-22(14-15-8-4-6-10-20-15)18(24)16-13-21-17-9-5-7-12-23(17)19(16)25/h4-10,12-13H,2-3,11,14H2,1H3. The van der Waals surface area contributed by atoms with Crippen molar-refractivity contribution in [2.45, 2.75) is 26.3 Å². The number of hydrogen-bond acceptors (Lipinski definition) is 4. The lowest BCUT2D eigenvalue weighted by atomic mass is 10.2. The highest BCUT2D eigenvalue weighted by Gasteiger charge is 2.20. The van der Waals surface area contributed by atoms with Gasteiger partial charge in [0.25, 0.3) is 11.5 Å². The zero-order valence-corrected chi connectivity index (χ0v) is 14.1. The molecule has 6 nitrogen and oxygen atoms in total. The minimum atomic E-state index is -0.349. The molecule has 3 aromatic rings. The summed E-state index contributed by atoms with van der Waals surface area (Å²) in [5.74, 6) is -0.310. The predicted octanol–water partition coefficient (Wildman–Crippen LogP) is 2.53. The van der Waals surface area contributed by atoms with Gasteiger partial charge in [-0.25, -0.2) is 4.98 Å². The van der Waals surface area contributed by atoms with E-state index in [2.05, 4.69) is 16.9 Å². The first-order valence-corrected chi connectivity index (χ1v) is 8.36. The number of rotatable bonds is 6. The summed E-state index contributed by atoms with van der Waals surface area (Å²) in [5, 5.41) is 0. The zero-order chi connectivity index (χ0) is 17.6. The first kappa shape index (κ1) is 16.8. The van der Waals surface area contributed by atoms with Crippen LogP contribution in [0.5, 0.6) is 0 Å². The summed E-state index contributed by atoms with van der Waals surface area (Å²) in [6.45, 7) is 3.01. The third kappa shape index (κ3) is 3.74. The van der Waals surface area contributed by atoms with E-state index in [1.807, 2.05) is 18.2 Å². The van der Waals surface area contributed by atoms with Crippen LogP contribution in [0.2, 0.25) is 0 Å². The van der Waals surface area contributed by atoms with Gasteiger partial charge >= 0.3 is 0 Å². The quantitative estimate of drug-likeness (QED) is 0.694. The van der Waals surface area contributed by atoms with E-state index in [9.17, 15) is 9.59 Å². The summed E-state index contributed by atoms with van der Waals surface area (Å²) in [4.78, 5) is 35.8. The number of carbonyl (C=O) groups excluding carboxylic acids is 1. The minimum Gasteiger partial charge on any atom is -0.333 e.